The number of rotatable bonds is 3. The van der Waals surface area contributed by atoms with E-state index in [1.165, 1.54) is 26.2 Å². The third-order valence-corrected chi connectivity index (χ3v) is 3.78. The SMILES string of the molecule is CC(CNC1=NCCN1C)N1CCN(C)CC1. The zero-order chi connectivity index (χ0) is 12.3. The van der Waals surface area contributed by atoms with Gasteiger partial charge in [-0.15, -0.1) is 0 Å². The molecule has 0 saturated carbocycles. The summed E-state index contributed by atoms with van der Waals surface area (Å²) >= 11 is 0. The summed E-state index contributed by atoms with van der Waals surface area (Å²) in [6.07, 6.45) is 0. The number of hydrogen-bond acceptors (Lipinski definition) is 5. The molecule has 0 spiro atoms. The Morgan fingerprint density at radius 1 is 1.18 bits per heavy atom. The highest BCUT2D eigenvalue weighted by Gasteiger charge is 2.20. The smallest absolute Gasteiger partial charge is 0.193 e. The molecule has 1 fully saturated rings. The first kappa shape index (κ1) is 12.6. The van der Waals surface area contributed by atoms with Crippen molar-refractivity contribution >= 4 is 5.96 Å². The van der Waals surface area contributed by atoms with Crippen LogP contribution in [-0.4, -0.2) is 86.6 Å². The van der Waals surface area contributed by atoms with Gasteiger partial charge in [0.25, 0.3) is 0 Å². The van der Waals surface area contributed by atoms with E-state index in [4.69, 9.17) is 0 Å². The third-order valence-electron chi connectivity index (χ3n) is 3.78. The molecule has 0 radical (unpaired) electrons. The predicted molar refractivity (Wildman–Crippen MR) is 71.5 cm³/mol. The first-order chi connectivity index (χ1) is 8.16. The van der Waals surface area contributed by atoms with Crippen molar-refractivity contribution in [3.05, 3.63) is 0 Å². The lowest BCUT2D eigenvalue weighted by Gasteiger charge is -2.36. The Morgan fingerprint density at radius 2 is 1.88 bits per heavy atom. The average molecular weight is 239 g/mol. The molecule has 0 aromatic rings. The first-order valence-corrected chi connectivity index (χ1v) is 6.59. The van der Waals surface area contributed by atoms with E-state index in [-0.39, 0.29) is 0 Å². The molecule has 1 unspecified atom stereocenters. The summed E-state index contributed by atoms with van der Waals surface area (Å²) in [4.78, 5) is 11.6. The minimum atomic E-state index is 0.584. The van der Waals surface area contributed by atoms with Crippen LogP contribution in [0, 0.1) is 0 Å². The number of nitrogens with one attached hydrogen (secondary N) is 1. The second kappa shape index (κ2) is 5.69. The second-order valence-electron chi connectivity index (χ2n) is 5.20. The van der Waals surface area contributed by atoms with Gasteiger partial charge in [-0.25, -0.2) is 0 Å². The Bertz CT molecular complexity index is 270. The van der Waals surface area contributed by atoms with Crippen LogP contribution in [0.2, 0.25) is 0 Å². The molecule has 0 aliphatic carbocycles. The number of hydrogen-bond donors (Lipinski definition) is 1. The normalized spacial score (nSPS) is 24.9. The molecule has 0 aromatic carbocycles. The fraction of sp³-hybridized carbons (Fsp3) is 0.917. The van der Waals surface area contributed by atoms with E-state index in [0.717, 1.165) is 25.6 Å². The lowest BCUT2D eigenvalue weighted by atomic mass is 10.2. The highest BCUT2D eigenvalue weighted by Crippen LogP contribution is 2.04. The largest absolute Gasteiger partial charge is 0.355 e. The van der Waals surface area contributed by atoms with Gasteiger partial charge in [-0.1, -0.05) is 0 Å². The molecule has 2 rings (SSSR count). The molecular weight excluding hydrogens is 214 g/mol. The van der Waals surface area contributed by atoms with E-state index in [0.29, 0.717) is 6.04 Å². The zero-order valence-electron chi connectivity index (χ0n) is 11.3. The average Bonchev–Trinajstić information content (AvgIpc) is 2.73. The van der Waals surface area contributed by atoms with Crippen LogP contribution in [0.5, 0.6) is 0 Å². The number of piperazine rings is 1. The number of aliphatic imine (C=N–C) groups is 1. The second-order valence-corrected chi connectivity index (χ2v) is 5.20. The lowest BCUT2D eigenvalue weighted by molar-refractivity contribution is 0.119. The standard InChI is InChI=1S/C12H25N5/c1-11(17-8-6-15(2)7-9-17)10-14-12-13-4-5-16(12)3/h11H,4-10H2,1-3H3,(H,13,14). The third kappa shape index (κ3) is 3.33. The summed E-state index contributed by atoms with van der Waals surface area (Å²) < 4.78 is 0. The number of likely N-dealkylation sites (N-methyl/N-ethyl adjacent to an activating group) is 2. The maximum absolute atomic E-state index is 4.45. The van der Waals surface area contributed by atoms with Gasteiger partial charge in [-0.05, 0) is 14.0 Å². The molecule has 98 valence electrons. The van der Waals surface area contributed by atoms with Crippen molar-refractivity contribution in [2.24, 2.45) is 4.99 Å². The molecule has 1 N–H and O–H groups in total. The van der Waals surface area contributed by atoms with Crippen molar-refractivity contribution in [1.29, 1.82) is 0 Å². The van der Waals surface area contributed by atoms with Crippen molar-refractivity contribution in [2.45, 2.75) is 13.0 Å². The van der Waals surface area contributed by atoms with E-state index in [1.807, 2.05) is 0 Å². The zero-order valence-corrected chi connectivity index (χ0v) is 11.3. The molecule has 0 aromatic heterocycles. The van der Waals surface area contributed by atoms with Gasteiger partial charge in [0.05, 0.1) is 6.54 Å². The Labute approximate surface area is 104 Å². The topological polar surface area (TPSA) is 34.1 Å². The fourth-order valence-electron chi connectivity index (χ4n) is 2.35. The molecule has 2 heterocycles. The Balaban J connectivity index is 1.72. The fourth-order valence-corrected chi connectivity index (χ4v) is 2.35. The summed E-state index contributed by atoms with van der Waals surface area (Å²) in [5.41, 5.74) is 0. The molecule has 17 heavy (non-hydrogen) atoms. The van der Waals surface area contributed by atoms with Crippen molar-refractivity contribution in [3.63, 3.8) is 0 Å². The molecule has 2 aliphatic rings. The van der Waals surface area contributed by atoms with Gasteiger partial charge in [0.1, 0.15) is 0 Å². The number of nitrogens with zero attached hydrogens (tertiary/aromatic N) is 4. The molecule has 5 heteroatoms. The van der Waals surface area contributed by atoms with Gasteiger partial charge in [0.15, 0.2) is 5.96 Å². The van der Waals surface area contributed by atoms with Crippen LogP contribution in [0.25, 0.3) is 0 Å². The van der Waals surface area contributed by atoms with Crippen molar-refractivity contribution in [2.75, 3.05) is 59.9 Å². The maximum atomic E-state index is 4.45. The predicted octanol–water partition coefficient (Wildman–Crippen LogP) is -0.487. The highest BCUT2D eigenvalue weighted by atomic mass is 15.3. The van der Waals surface area contributed by atoms with Gasteiger partial charge >= 0.3 is 0 Å². The summed E-state index contributed by atoms with van der Waals surface area (Å²) in [7, 11) is 4.29. The van der Waals surface area contributed by atoms with E-state index < -0.39 is 0 Å². The van der Waals surface area contributed by atoms with E-state index in [2.05, 4.69) is 46.0 Å². The van der Waals surface area contributed by atoms with Gasteiger partial charge in [-0.2, -0.15) is 0 Å². The van der Waals surface area contributed by atoms with Crippen molar-refractivity contribution in [1.82, 2.24) is 20.0 Å². The number of guanidine groups is 1. The van der Waals surface area contributed by atoms with Gasteiger partial charge in [-0.3, -0.25) is 9.89 Å². The van der Waals surface area contributed by atoms with Crippen LogP contribution in [0.4, 0.5) is 0 Å². The maximum Gasteiger partial charge on any atom is 0.193 e. The van der Waals surface area contributed by atoms with Gasteiger partial charge in [0.2, 0.25) is 0 Å². The minimum absolute atomic E-state index is 0.584. The van der Waals surface area contributed by atoms with Crippen LogP contribution in [0.3, 0.4) is 0 Å². The van der Waals surface area contributed by atoms with Crippen molar-refractivity contribution in [3.8, 4) is 0 Å². The molecule has 2 aliphatic heterocycles. The lowest BCUT2D eigenvalue weighted by Crippen LogP contribution is -2.52. The molecule has 0 amide bonds. The summed E-state index contributed by atoms with van der Waals surface area (Å²) in [5.74, 6) is 1.06. The highest BCUT2D eigenvalue weighted by molar-refractivity contribution is 5.81. The van der Waals surface area contributed by atoms with E-state index in [9.17, 15) is 0 Å². The van der Waals surface area contributed by atoms with Crippen LogP contribution in [0.1, 0.15) is 6.92 Å². The summed E-state index contributed by atoms with van der Waals surface area (Å²) in [6, 6.07) is 0.584. The van der Waals surface area contributed by atoms with Gasteiger partial charge in [0, 0.05) is 52.4 Å². The molecule has 0 bridgehead atoms. The van der Waals surface area contributed by atoms with E-state index >= 15 is 0 Å². The Hall–Kier alpha value is -0.810. The van der Waals surface area contributed by atoms with Crippen molar-refractivity contribution < 1.29 is 0 Å². The quantitative estimate of drug-likeness (QED) is 0.721. The molecular formula is C12H25N5. The molecule has 5 nitrogen and oxygen atoms in total. The minimum Gasteiger partial charge on any atom is -0.355 e. The van der Waals surface area contributed by atoms with Crippen LogP contribution >= 0.6 is 0 Å². The first-order valence-electron chi connectivity index (χ1n) is 6.59. The Morgan fingerprint density at radius 3 is 2.47 bits per heavy atom. The summed E-state index contributed by atoms with van der Waals surface area (Å²) in [6.45, 7) is 10.0. The monoisotopic (exact) mass is 239 g/mol. The van der Waals surface area contributed by atoms with Gasteiger partial charge < -0.3 is 15.1 Å². The molecule has 1 saturated heterocycles. The van der Waals surface area contributed by atoms with Crippen LogP contribution < -0.4 is 5.32 Å². The van der Waals surface area contributed by atoms with Crippen LogP contribution in [0.15, 0.2) is 4.99 Å². The summed E-state index contributed by atoms with van der Waals surface area (Å²) in [5, 5.41) is 3.46. The Kier molecular flexibility index (Phi) is 4.23. The van der Waals surface area contributed by atoms with E-state index in [1.54, 1.807) is 0 Å². The molecule has 1 atom stereocenters. The van der Waals surface area contributed by atoms with Crippen LogP contribution in [-0.2, 0) is 0 Å².